The molecule has 4 nitrogen and oxygen atoms in total. The largest absolute Gasteiger partial charge is 0.483 e. The SMILES string of the molecule is CC(C)c1ccccc1OCC(=O)N(C)CCCCCO. The van der Waals surface area contributed by atoms with Gasteiger partial charge in [-0.3, -0.25) is 4.79 Å². The predicted molar refractivity (Wildman–Crippen MR) is 84.6 cm³/mol. The van der Waals surface area contributed by atoms with Crippen molar-refractivity contribution in [3.63, 3.8) is 0 Å². The molecule has 0 aliphatic heterocycles. The molecule has 1 amide bonds. The van der Waals surface area contributed by atoms with E-state index in [0.717, 1.165) is 30.6 Å². The molecule has 0 aliphatic rings. The third-order valence-corrected chi connectivity index (χ3v) is 3.47. The van der Waals surface area contributed by atoms with Crippen molar-refractivity contribution >= 4 is 5.91 Å². The Labute approximate surface area is 127 Å². The molecule has 0 unspecified atom stereocenters. The second kappa shape index (κ2) is 9.40. The van der Waals surface area contributed by atoms with Gasteiger partial charge in [-0.1, -0.05) is 32.0 Å². The van der Waals surface area contributed by atoms with Gasteiger partial charge in [0.1, 0.15) is 5.75 Å². The molecule has 4 heteroatoms. The summed E-state index contributed by atoms with van der Waals surface area (Å²) in [6.45, 7) is 5.20. The number of para-hydroxylation sites is 1. The van der Waals surface area contributed by atoms with Crippen LogP contribution < -0.4 is 4.74 Å². The lowest BCUT2D eigenvalue weighted by molar-refractivity contribution is -0.132. The van der Waals surface area contributed by atoms with Crippen LogP contribution in [0.25, 0.3) is 0 Å². The van der Waals surface area contributed by atoms with Gasteiger partial charge in [0.05, 0.1) is 0 Å². The maximum absolute atomic E-state index is 12.0. The maximum Gasteiger partial charge on any atom is 0.260 e. The van der Waals surface area contributed by atoms with Gasteiger partial charge in [0.15, 0.2) is 6.61 Å². The normalized spacial score (nSPS) is 10.7. The Morgan fingerprint density at radius 3 is 2.62 bits per heavy atom. The lowest BCUT2D eigenvalue weighted by Gasteiger charge is -2.19. The molecule has 1 aromatic rings. The number of hydrogen-bond donors (Lipinski definition) is 1. The van der Waals surface area contributed by atoms with Gasteiger partial charge in [0.25, 0.3) is 5.91 Å². The van der Waals surface area contributed by atoms with E-state index in [4.69, 9.17) is 9.84 Å². The van der Waals surface area contributed by atoms with Crippen LogP contribution in [0.5, 0.6) is 5.75 Å². The molecule has 118 valence electrons. The first kappa shape index (κ1) is 17.5. The molecular weight excluding hydrogens is 266 g/mol. The summed E-state index contributed by atoms with van der Waals surface area (Å²) in [7, 11) is 1.79. The number of ether oxygens (including phenoxy) is 1. The van der Waals surface area contributed by atoms with E-state index >= 15 is 0 Å². The Bertz CT molecular complexity index is 432. The Hall–Kier alpha value is -1.55. The van der Waals surface area contributed by atoms with E-state index in [0.29, 0.717) is 12.5 Å². The second-order valence-electron chi connectivity index (χ2n) is 5.58. The van der Waals surface area contributed by atoms with Crippen LogP contribution in [0.2, 0.25) is 0 Å². The summed E-state index contributed by atoms with van der Waals surface area (Å²) in [5.41, 5.74) is 1.12. The highest BCUT2D eigenvalue weighted by Crippen LogP contribution is 2.25. The summed E-state index contributed by atoms with van der Waals surface area (Å²) in [5, 5.41) is 8.72. The van der Waals surface area contributed by atoms with Crippen molar-refractivity contribution in [1.82, 2.24) is 4.90 Å². The summed E-state index contributed by atoms with van der Waals surface area (Å²) in [6, 6.07) is 7.84. The molecule has 0 saturated heterocycles. The topological polar surface area (TPSA) is 49.8 Å². The van der Waals surface area contributed by atoms with Gasteiger partial charge in [-0.15, -0.1) is 0 Å². The average molecular weight is 293 g/mol. The number of benzene rings is 1. The van der Waals surface area contributed by atoms with Crippen molar-refractivity contribution in [1.29, 1.82) is 0 Å². The molecule has 0 aliphatic carbocycles. The van der Waals surface area contributed by atoms with Crippen LogP contribution in [0, 0.1) is 0 Å². The molecule has 1 rings (SSSR count). The number of aliphatic hydroxyl groups excluding tert-OH is 1. The molecule has 0 radical (unpaired) electrons. The van der Waals surface area contributed by atoms with Crippen molar-refractivity contribution in [3.8, 4) is 5.75 Å². The molecule has 0 heterocycles. The van der Waals surface area contributed by atoms with Gasteiger partial charge in [0.2, 0.25) is 0 Å². The number of likely N-dealkylation sites (N-methyl/N-ethyl adjacent to an activating group) is 1. The average Bonchev–Trinajstić information content (AvgIpc) is 2.49. The smallest absolute Gasteiger partial charge is 0.260 e. The standard InChI is InChI=1S/C17H27NO3/c1-14(2)15-9-5-6-10-16(15)21-13-17(20)18(3)11-7-4-8-12-19/h5-6,9-10,14,19H,4,7-8,11-13H2,1-3H3. The first-order valence-corrected chi connectivity index (χ1v) is 7.62. The fourth-order valence-corrected chi connectivity index (χ4v) is 2.10. The first-order chi connectivity index (χ1) is 10.1. The van der Waals surface area contributed by atoms with Crippen molar-refractivity contribution in [3.05, 3.63) is 29.8 Å². The highest BCUT2D eigenvalue weighted by Gasteiger charge is 2.12. The summed E-state index contributed by atoms with van der Waals surface area (Å²) in [4.78, 5) is 13.7. The van der Waals surface area contributed by atoms with Crippen molar-refractivity contribution in [2.45, 2.75) is 39.0 Å². The number of unbranched alkanes of at least 4 members (excludes halogenated alkanes) is 2. The monoisotopic (exact) mass is 293 g/mol. The Balaban J connectivity index is 2.42. The molecule has 0 bridgehead atoms. The third kappa shape index (κ3) is 6.17. The third-order valence-electron chi connectivity index (χ3n) is 3.47. The number of carbonyl (C=O) groups is 1. The van der Waals surface area contributed by atoms with Crippen molar-refractivity contribution in [2.24, 2.45) is 0 Å². The number of amides is 1. The summed E-state index contributed by atoms with van der Waals surface area (Å²) in [5.74, 6) is 1.14. The van der Waals surface area contributed by atoms with E-state index in [-0.39, 0.29) is 19.1 Å². The molecule has 1 N–H and O–H groups in total. The summed E-state index contributed by atoms with van der Waals surface area (Å²) >= 11 is 0. The number of hydrogen-bond acceptors (Lipinski definition) is 3. The van der Waals surface area contributed by atoms with Gasteiger partial charge in [-0.25, -0.2) is 0 Å². The minimum atomic E-state index is -0.0162. The number of rotatable bonds is 9. The zero-order valence-corrected chi connectivity index (χ0v) is 13.3. The van der Waals surface area contributed by atoms with Crippen LogP contribution >= 0.6 is 0 Å². The molecule has 1 aromatic carbocycles. The zero-order chi connectivity index (χ0) is 15.7. The van der Waals surface area contributed by atoms with Crippen LogP contribution in [0.1, 0.15) is 44.6 Å². The molecular formula is C17H27NO3. The minimum Gasteiger partial charge on any atom is -0.483 e. The van der Waals surface area contributed by atoms with Gasteiger partial charge in [-0.05, 0) is 36.8 Å². The molecule has 0 atom stereocenters. The molecule has 21 heavy (non-hydrogen) atoms. The van der Waals surface area contributed by atoms with E-state index in [1.54, 1.807) is 11.9 Å². The molecule has 0 saturated carbocycles. The van der Waals surface area contributed by atoms with E-state index in [1.807, 2.05) is 24.3 Å². The van der Waals surface area contributed by atoms with Crippen LogP contribution in [0.4, 0.5) is 0 Å². The number of aliphatic hydroxyl groups is 1. The Morgan fingerprint density at radius 1 is 1.24 bits per heavy atom. The first-order valence-electron chi connectivity index (χ1n) is 7.62. The van der Waals surface area contributed by atoms with Gasteiger partial charge in [-0.2, -0.15) is 0 Å². The Kier molecular flexibility index (Phi) is 7.83. The molecule has 0 fully saturated rings. The van der Waals surface area contributed by atoms with Crippen molar-refractivity contribution < 1.29 is 14.6 Å². The van der Waals surface area contributed by atoms with E-state index in [9.17, 15) is 4.79 Å². The fraction of sp³-hybridized carbons (Fsp3) is 0.588. The van der Waals surface area contributed by atoms with Crippen LogP contribution in [-0.2, 0) is 4.79 Å². The van der Waals surface area contributed by atoms with Crippen molar-refractivity contribution in [2.75, 3.05) is 26.8 Å². The highest BCUT2D eigenvalue weighted by atomic mass is 16.5. The molecule has 0 spiro atoms. The quantitative estimate of drug-likeness (QED) is 0.712. The van der Waals surface area contributed by atoms with Crippen LogP contribution in [-0.4, -0.2) is 42.7 Å². The van der Waals surface area contributed by atoms with E-state index < -0.39 is 0 Å². The highest BCUT2D eigenvalue weighted by molar-refractivity contribution is 5.77. The lowest BCUT2D eigenvalue weighted by Crippen LogP contribution is -2.32. The predicted octanol–water partition coefficient (Wildman–Crippen LogP) is 2.81. The maximum atomic E-state index is 12.0. The summed E-state index contributed by atoms with van der Waals surface area (Å²) < 4.78 is 5.68. The van der Waals surface area contributed by atoms with Crippen LogP contribution in [0.15, 0.2) is 24.3 Å². The van der Waals surface area contributed by atoms with E-state index in [1.165, 1.54) is 0 Å². The second-order valence-corrected chi connectivity index (χ2v) is 5.58. The molecule has 0 aromatic heterocycles. The fourth-order valence-electron chi connectivity index (χ4n) is 2.10. The van der Waals surface area contributed by atoms with Crippen LogP contribution in [0.3, 0.4) is 0 Å². The number of nitrogens with zero attached hydrogens (tertiary/aromatic N) is 1. The minimum absolute atomic E-state index is 0.0162. The zero-order valence-electron chi connectivity index (χ0n) is 13.3. The van der Waals surface area contributed by atoms with Gasteiger partial charge in [0, 0.05) is 20.2 Å². The summed E-state index contributed by atoms with van der Waals surface area (Å²) in [6.07, 6.45) is 2.64. The van der Waals surface area contributed by atoms with Gasteiger partial charge >= 0.3 is 0 Å². The van der Waals surface area contributed by atoms with E-state index in [2.05, 4.69) is 13.8 Å². The van der Waals surface area contributed by atoms with Gasteiger partial charge < -0.3 is 14.7 Å². The Morgan fingerprint density at radius 2 is 1.95 bits per heavy atom. The number of carbonyl (C=O) groups excluding carboxylic acids is 1. The lowest BCUT2D eigenvalue weighted by atomic mass is 10.0.